The summed E-state index contributed by atoms with van der Waals surface area (Å²) in [6, 6.07) is 12.9. The summed E-state index contributed by atoms with van der Waals surface area (Å²) in [6.07, 6.45) is 0. The molecule has 1 heterocycles. The Hall–Kier alpha value is -1.72. The van der Waals surface area contributed by atoms with E-state index < -0.39 is 5.97 Å². The Morgan fingerprint density at radius 2 is 1.89 bits per heavy atom. The predicted molar refractivity (Wildman–Crippen MR) is 79.7 cm³/mol. The number of thiazole rings is 1. The van der Waals surface area contributed by atoms with E-state index in [1.807, 2.05) is 24.3 Å². The van der Waals surface area contributed by atoms with E-state index in [2.05, 4.69) is 20.9 Å². The molecule has 3 rings (SSSR count). The normalized spacial score (nSPS) is 10.8. The smallest absolute Gasteiger partial charge is 0.335 e. The summed E-state index contributed by atoms with van der Waals surface area (Å²) in [5.41, 5.74) is 2.15. The molecule has 2 aromatic carbocycles. The summed E-state index contributed by atoms with van der Waals surface area (Å²) >= 11 is 4.89. The molecule has 19 heavy (non-hydrogen) atoms. The topological polar surface area (TPSA) is 50.2 Å². The lowest BCUT2D eigenvalue weighted by Gasteiger charge is -1.94. The highest BCUT2D eigenvalue weighted by atomic mass is 79.9. The first-order valence-corrected chi connectivity index (χ1v) is 7.14. The van der Waals surface area contributed by atoms with Crippen molar-refractivity contribution in [2.45, 2.75) is 0 Å². The summed E-state index contributed by atoms with van der Waals surface area (Å²) < 4.78 is 1.91. The molecule has 0 atom stereocenters. The number of hydrogen-bond donors (Lipinski definition) is 1. The number of carboxylic acids is 1. The summed E-state index contributed by atoms with van der Waals surface area (Å²) in [7, 11) is 0. The maximum Gasteiger partial charge on any atom is 0.335 e. The van der Waals surface area contributed by atoms with Gasteiger partial charge < -0.3 is 5.11 Å². The van der Waals surface area contributed by atoms with E-state index in [1.54, 1.807) is 18.2 Å². The van der Waals surface area contributed by atoms with Crippen molar-refractivity contribution in [3.05, 3.63) is 52.5 Å². The van der Waals surface area contributed by atoms with Gasteiger partial charge in [0, 0.05) is 10.0 Å². The lowest BCUT2D eigenvalue weighted by molar-refractivity contribution is 0.0697. The third-order valence-electron chi connectivity index (χ3n) is 2.73. The Balaban J connectivity index is 2.11. The second kappa shape index (κ2) is 4.75. The van der Waals surface area contributed by atoms with Crippen LogP contribution in [0.3, 0.4) is 0 Å². The number of nitrogens with zero attached hydrogens (tertiary/aromatic N) is 1. The van der Waals surface area contributed by atoms with Crippen LogP contribution < -0.4 is 0 Å². The molecule has 0 radical (unpaired) electrons. The maximum atomic E-state index is 10.9. The minimum absolute atomic E-state index is 0.290. The van der Waals surface area contributed by atoms with Crippen molar-refractivity contribution < 1.29 is 9.90 Å². The van der Waals surface area contributed by atoms with Gasteiger partial charge in [0.25, 0.3) is 0 Å². The Labute approximate surface area is 121 Å². The minimum atomic E-state index is -0.916. The highest BCUT2D eigenvalue weighted by molar-refractivity contribution is 9.10. The first-order valence-electron chi connectivity index (χ1n) is 5.53. The molecule has 94 valence electrons. The Bertz CT molecular complexity index is 765. The number of carbonyl (C=O) groups is 1. The van der Waals surface area contributed by atoms with Crippen LogP contribution in [-0.4, -0.2) is 16.1 Å². The molecular formula is C14H8BrNO2S. The van der Waals surface area contributed by atoms with Gasteiger partial charge >= 0.3 is 5.97 Å². The predicted octanol–water partition coefficient (Wildman–Crippen LogP) is 4.42. The summed E-state index contributed by atoms with van der Waals surface area (Å²) in [5, 5.41) is 9.87. The van der Waals surface area contributed by atoms with Crippen molar-refractivity contribution in [3.8, 4) is 10.6 Å². The van der Waals surface area contributed by atoms with E-state index in [4.69, 9.17) is 5.11 Å². The van der Waals surface area contributed by atoms with E-state index in [0.29, 0.717) is 5.56 Å². The number of benzene rings is 2. The average molecular weight is 334 g/mol. The van der Waals surface area contributed by atoms with E-state index in [9.17, 15) is 4.79 Å². The molecule has 3 aromatic rings. The van der Waals surface area contributed by atoms with Gasteiger partial charge in [0.1, 0.15) is 5.01 Å². The van der Waals surface area contributed by atoms with Gasteiger partial charge in [-0.05, 0) is 30.3 Å². The minimum Gasteiger partial charge on any atom is -0.478 e. The van der Waals surface area contributed by atoms with Gasteiger partial charge in [0.05, 0.1) is 15.8 Å². The fourth-order valence-electron chi connectivity index (χ4n) is 1.77. The second-order valence-electron chi connectivity index (χ2n) is 4.01. The number of carboxylic acid groups (broad SMARTS) is 1. The summed E-state index contributed by atoms with van der Waals surface area (Å²) in [4.78, 5) is 15.5. The largest absolute Gasteiger partial charge is 0.478 e. The average Bonchev–Trinajstić information content (AvgIpc) is 2.82. The molecule has 0 aliphatic heterocycles. The first-order chi connectivity index (χ1) is 9.13. The molecule has 5 heteroatoms. The molecule has 0 aliphatic rings. The highest BCUT2D eigenvalue weighted by Crippen LogP contribution is 2.31. The summed E-state index contributed by atoms with van der Waals surface area (Å²) in [6.45, 7) is 0. The SMILES string of the molecule is O=C(O)c1ccc2nc(-c3ccc(Br)cc3)sc2c1. The van der Waals surface area contributed by atoms with Crippen molar-refractivity contribution in [3.63, 3.8) is 0 Å². The molecule has 0 unspecified atom stereocenters. The zero-order valence-electron chi connectivity index (χ0n) is 9.63. The van der Waals surface area contributed by atoms with Crippen LogP contribution in [0.1, 0.15) is 10.4 Å². The van der Waals surface area contributed by atoms with Crippen LogP contribution in [0.25, 0.3) is 20.8 Å². The van der Waals surface area contributed by atoms with Crippen LogP contribution in [0.5, 0.6) is 0 Å². The molecule has 0 fully saturated rings. The number of halogens is 1. The number of rotatable bonds is 2. The van der Waals surface area contributed by atoms with Crippen molar-refractivity contribution in [2.24, 2.45) is 0 Å². The van der Waals surface area contributed by atoms with Gasteiger partial charge in [0.15, 0.2) is 0 Å². The van der Waals surface area contributed by atoms with E-state index in [-0.39, 0.29) is 0 Å². The number of aromatic nitrogens is 1. The molecule has 0 bridgehead atoms. The van der Waals surface area contributed by atoms with Crippen LogP contribution in [0.2, 0.25) is 0 Å². The fraction of sp³-hybridized carbons (Fsp3) is 0. The standard InChI is InChI=1S/C14H8BrNO2S/c15-10-4-1-8(2-5-10)13-16-11-6-3-9(14(17)18)7-12(11)19-13/h1-7H,(H,17,18). The van der Waals surface area contributed by atoms with Crippen molar-refractivity contribution in [2.75, 3.05) is 0 Å². The lowest BCUT2D eigenvalue weighted by atomic mass is 10.2. The first kappa shape index (κ1) is 12.3. The van der Waals surface area contributed by atoms with Crippen LogP contribution in [0.15, 0.2) is 46.9 Å². The Kier molecular flexibility index (Phi) is 3.08. The molecule has 0 saturated carbocycles. The van der Waals surface area contributed by atoms with Crippen molar-refractivity contribution in [1.29, 1.82) is 0 Å². The molecular weight excluding hydrogens is 326 g/mol. The molecule has 1 N–H and O–H groups in total. The van der Waals surface area contributed by atoms with Crippen molar-refractivity contribution >= 4 is 43.5 Å². The molecule has 0 amide bonds. The van der Waals surface area contributed by atoms with Gasteiger partial charge in [-0.15, -0.1) is 11.3 Å². The quantitative estimate of drug-likeness (QED) is 0.754. The molecule has 0 spiro atoms. The van der Waals surface area contributed by atoms with Crippen LogP contribution in [0, 0.1) is 0 Å². The zero-order chi connectivity index (χ0) is 13.4. The van der Waals surface area contributed by atoms with Crippen LogP contribution in [-0.2, 0) is 0 Å². The van der Waals surface area contributed by atoms with E-state index in [0.717, 1.165) is 25.3 Å². The molecule has 1 aromatic heterocycles. The highest BCUT2D eigenvalue weighted by Gasteiger charge is 2.09. The second-order valence-corrected chi connectivity index (χ2v) is 5.96. The number of aromatic carboxylic acids is 1. The third kappa shape index (κ3) is 2.39. The Morgan fingerprint density at radius 3 is 2.58 bits per heavy atom. The maximum absolute atomic E-state index is 10.9. The van der Waals surface area contributed by atoms with Crippen LogP contribution >= 0.6 is 27.3 Å². The van der Waals surface area contributed by atoms with Crippen LogP contribution in [0.4, 0.5) is 0 Å². The van der Waals surface area contributed by atoms with Gasteiger partial charge in [-0.1, -0.05) is 28.1 Å². The lowest BCUT2D eigenvalue weighted by Crippen LogP contribution is -1.94. The molecule has 0 saturated heterocycles. The summed E-state index contributed by atoms with van der Waals surface area (Å²) in [5.74, 6) is -0.916. The van der Waals surface area contributed by atoms with Crippen molar-refractivity contribution in [1.82, 2.24) is 4.98 Å². The van der Waals surface area contributed by atoms with E-state index in [1.165, 1.54) is 11.3 Å². The zero-order valence-corrected chi connectivity index (χ0v) is 12.0. The Morgan fingerprint density at radius 1 is 1.16 bits per heavy atom. The van der Waals surface area contributed by atoms with Gasteiger partial charge in [-0.25, -0.2) is 9.78 Å². The van der Waals surface area contributed by atoms with Gasteiger partial charge in [0.2, 0.25) is 0 Å². The molecule has 0 aliphatic carbocycles. The van der Waals surface area contributed by atoms with Gasteiger partial charge in [-0.2, -0.15) is 0 Å². The fourth-order valence-corrected chi connectivity index (χ4v) is 3.05. The number of fused-ring (bicyclic) bond motifs is 1. The van der Waals surface area contributed by atoms with Gasteiger partial charge in [-0.3, -0.25) is 0 Å². The third-order valence-corrected chi connectivity index (χ3v) is 4.32. The molecule has 3 nitrogen and oxygen atoms in total. The number of hydrogen-bond acceptors (Lipinski definition) is 3. The monoisotopic (exact) mass is 333 g/mol. The van der Waals surface area contributed by atoms with E-state index >= 15 is 0 Å².